The van der Waals surface area contributed by atoms with Crippen molar-refractivity contribution in [3.63, 3.8) is 0 Å². The molecular formula is C19H19Cl2F3N4O4S. The molecule has 1 aliphatic rings. The second-order valence-electron chi connectivity index (χ2n) is 7.24. The molecule has 1 amide bonds. The second kappa shape index (κ2) is 10.0. The van der Waals surface area contributed by atoms with E-state index in [1.54, 1.807) is 4.90 Å². The molecule has 2 heterocycles. The van der Waals surface area contributed by atoms with Crippen LogP contribution in [-0.2, 0) is 21.0 Å². The zero-order chi connectivity index (χ0) is 24.4. The van der Waals surface area contributed by atoms with E-state index in [1.807, 2.05) is 0 Å². The van der Waals surface area contributed by atoms with Gasteiger partial charge in [-0.1, -0.05) is 29.3 Å². The molecule has 0 bridgehead atoms. The molecule has 1 aromatic carbocycles. The molecule has 0 spiro atoms. The van der Waals surface area contributed by atoms with E-state index in [-0.39, 0.29) is 53.3 Å². The number of anilines is 1. The first-order valence-corrected chi connectivity index (χ1v) is 11.9. The molecule has 1 atom stereocenters. The Morgan fingerprint density at radius 3 is 2.30 bits per heavy atom. The molecule has 0 saturated carbocycles. The number of carbonyl (C=O) groups is 1. The molecule has 1 saturated heterocycles. The maximum absolute atomic E-state index is 13.0. The van der Waals surface area contributed by atoms with Gasteiger partial charge in [-0.05, 0) is 29.8 Å². The van der Waals surface area contributed by atoms with Gasteiger partial charge in [-0.15, -0.1) is 0 Å². The molecule has 33 heavy (non-hydrogen) atoms. The summed E-state index contributed by atoms with van der Waals surface area (Å²) in [6, 6.07) is 5.17. The number of halogens is 5. The van der Waals surface area contributed by atoms with E-state index in [2.05, 4.69) is 4.98 Å². The fourth-order valence-electron chi connectivity index (χ4n) is 3.36. The lowest BCUT2D eigenvalue weighted by Gasteiger charge is -2.35. The van der Waals surface area contributed by atoms with E-state index >= 15 is 0 Å². The van der Waals surface area contributed by atoms with Gasteiger partial charge in [0.15, 0.2) is 0 Å². The Morgan fingerprint density at radius 1 is 1.12 bits per heavy atom. The predicted octanol–water partition coefficient (Wildman–Crippen LogP) is 3.45. The third kappa shape index (κ3) is 6.07. The molecule has 1 aliphatic heterocycles. The number of amides is 1. The first kappa shape index (κ1) is 25.5. The van der Waals surface area contributed by atoms with Crippen LogP contribution in [0.5, 0.6) is 0 Å². The van der Waals surface area contributed by atoms with Gasteiger partial charge in [-0.3, -0.25) is 10.0 Å². The highest BCUT2D eigenvalue weighted by Gasteiger charge is 2.34. The molecule has 1 unspecified atom stereocenters. The quantitative estimate of drug-likeness (QED) is 0.337. The summed E-state index contributed by atoms with van der Waals surface area (Å²) in [5.41, 5.74) is -0.597. The Hall–Kier alpha value is -2.12. The van der Waals surface area contributed by atoms with Crippen LogP contribution in [0.3, 0.4) is 0 Å². The zero-order valence-electron chi connectivity index (χ0n) is 16.9. The molecule has 2 aromatic rings. The first-order valence-electron chi connectivity index (χ1n) is 9.56. The largest absolute Gasteiger partial charge is 0.417 e. The van der Waals surface area contributed by atoms with E-state index in [9.17, 15) is 31.6 Å². The lowest BCUT2D eigenvalue weighted by molar-refractivity contribution is -0.159. The summed E-state index contributed by atoms with van der Waals surface area (Å²) >= 11 is 11.9. The summed E-state index contributed by atoms with van der Waals surface area (Å²) in [7, 11) is -3.94. The molecule has 0 radical (unpaired) electrons. The van der Waals surface area contributed by atoms with Gasteiger partial charge in [0.25, 0.3) is 0 Å². The van der Waals surface area contributed by atoms with Gasteiger partial charge in [-0.2, -0.15) is 17.5 Å². The van der Waals surface area contributed by atoms with Gasteiger partial charge in [-0.25, -0.2) is 18.5 Å². The third-order valence-corrected chi connectivity index (χ3v) is 7.78. The van der Waals surface area contributed by atoms with E-state index < -0.39 is 33.6 Å². The van der Waals surface area contributed by atoms with Crippen LogP contribution in [0.2, 0.25) is 10.0 Å². The van der Waals surface area contributed by atoms with Crippen LogP contribution in [-0.4, -0.2) is 66.3 Å². The van der Waals surface area contributed by atoms with Crippen LogP contribution in [0.25, 0.3) is 0 Å². The van der Waals surface area contributed by atoms with E-state index in [4.69, 9.17) is 23.2 Å². The minimum Gasteiger partial charge on any atom is -0.354 e. The van der Waals surface area contributed by atoms with Crippen LogP contribution in [0, 0.1) is 0 Å². The van der Waals surface area contributed by atoms with Crippen LogP contribution in [0.1, 0.15) is 17.2 Å². The number of aromatic nitrogens is 1. The summed E-state index contributed by atoms with van der Waals surface area (Å²) in [6.07, 6.45) is -3.67. The highest BCUT2D eigenvalue weighted by Crippen LogP contribution is 2.31. The van der Waals surface area contributed by atoms with Gasteiger partial charge in [0.1, 0.15) is 5.82 Å². The van der Waals surface area contributed by atoms with Crippen LogP contribution in [0.15, 0.2) is 36.5 Å². The van der Waals surface area contributed by atoms with Gasteiger partial charge in [0, 0.05) is 32.4 Å². The summed E-state index contributed by atoms with van der Waals surface area (Å²) in [5.74, 6) is -0.310. The highest BCUT2D eigenvalue weighted by atomic mass is 35.5. The summed E-state index contributed by atoms with van der Waals surface area (Å²) in [5, 5.41) is 10.6. The number of hydrogen-bond donors (Lipinski definition) is 1. The summed E-state index contributed by atoms with van der Waals surface area (Å²) in [6.45, 7) is 0.494. The molecule has 1 fully saturated rings. The number of carbonyl (C=O) groups excluding carboxylic acids is 1. The number of piperazine rings is 1. The zero-order valence-corrected chi connectivity index (χ0v) is 19.2. The summed E-state index contributed by atoms with van der Waals surface area (Å²) < 4.78 is 65.3. The molecule has 8 nitrogen and oxygen atoms in total. The molecular weight excluding hydrogens is 508 g/mol. The Morgan fingerprint density at radius 2 is 1.79 bits per heavy atom. The predicted molar refractivity (Wildman–Crippen MR) is 116 cm³/mol. The van der Waals surface area contributed by atoms with Crippen LogP contribution < -0.4 is 4.90 Å². The van der Waals surface area contributed by atoms with Crippen molar-refractivity contribution in [2.75, 3.05) is 36.8 Å². The number of alkyl halides is 3. The van der Waals surface area contributed by atoms with Gasteiger partial charge in [0.05, 0.1) is 27.4 Å². The maximum Gasteiger partial charge on any atom is 0.417 e. The van der Waals surface area contributed by atoms with Gasteiger partial charge < -0.3 is 4.90 Å². The maximum atomic E-state index is 13.0. The SMILES string of the molecule is O=CN(O)C(CS(=O)(=O)N1CCN(c2ccc(C(F)(F)F)cn2)CC1)c1ccc(Cl)c(Cl)c1. The number of benzene rings is 1. The van der Waals surface area contributed by atoms with Crippen molar-refractivity contribution >= 4 is 45.5 Å². The molecule has 3 rings (SSSR count). The minimum atomic E-state index is -4.49. The molecule has 180 valence electrons. The molecule has 1 N–H and O–H groups in total. The fourth-order valence-corrected chi connectivity index (χ4v) is 5.34. The Bertz CT molecular complexity index is 1100. The van der Waals surface area contributed by atoms with Crippen molar-refractivity contribution in [2.45, 2.75) is 12.2 Å². The highest BCUT2D eigenvalue weighted by molar-refractivity contribution is 7.89. The van der Waals surface area contributed by atoms with Crippen LogP contribution >= 0.6 is 23.2 Å². The molecule has 1 aromatic heterocycles. The monoisotopic (exact) mass is 526 g/mol. The van der Waals surface area contributed by atoms with Gasteiger partial charge in [0.2, 0.25) is 16.4 Å². The smallest absolute Gasteiger partial charge is 0.354 e. The minimum absolute atomic E-state index is 0.0473. The van der Waals surface area contributed by atoms with Crippen molar-refractivity contribution in [3.8, 4) is 0 Å². The Kier molecular flexibility index (Phi) is 7.74. The first-order chi connectivity index (χ1) is 15.4. The molecule has 0 aliphatic carbocycles. The lowest BCUT2D eigenvalue weighted by Crippen LogP contribution is -2.50. The Labute approximate surface area is 198 Å². The van der Waals surface area contributed by atoms with E-state index in [0.29, 0.717) is 5.82 Å². The summed E-state index contributed by atoms with van der Waals surface area (Å²) in [4.78, 5) is 16.6. The van der Waals surface area contributed by atoms with E-state index in [1.165, 1.54) is 28.6 Å². The second-order valence-corrected chi connectivity index (χ2v) is 10.1. The van der Waals surface area contributed by atoms with Crippen LogP contribution in [0.4, 0.5) is 19.0 Å². The average Bonchev–Trinajstić information content (AvgIpc) is 2.78. The normalized spacial score (nSPS) is 16.5. The Balaban J connectivity index is 1.70. The number of hydrogen-bond acceptors (Lipinski definition) is 6. The topological polar surface area (TPSA) is 94.0 Å². The number of hydroxylamine groups is 2. The number of sulfonamides is 1. The number of pyridine rings is 1. The number of nitrogens with zero attached hydrogens (tertiary/aromatic N) is 4. The van der Waals surface area contributed by atoms with Crippen molar-refractivity contribution in [2.24, 2.45) is 0 Å². The van der Waals surface area contributed by atoms with Crippen molar-refractivity contribution in [1.82, 2.24) is 14.4 Å². The standard InChI is InChI=1S/C19H19Cl2F3N4O4S/c20-15-3-1-13(9-16(15)21)17(28(30)12-29)11-33(31,32)27-7-5-26(6-8-27)18-4-2-14(10-25-18)19(22,23)24/h1-4,9-10,12,17,30H,5-8,11H2. The average molecular weight is 527 g/mol. The fraction of sp³-hybridized carbons (Fsp3) is 0.368. The third-order valence-electron chi connectivity index (χ3n) is 5.16. The van der Waals surface area contributed by atoms with Crippen molar-refractivity contribution in [3.05, 3.63) is 57.7 Å². The van der Waals surface area contributed by atoms with Crippen molar-refractivity contribution < 1.29 is 31.6 Å². The van der Waals surface area contributed by atoms with Crippen molar-refractivity contribution in [1.29, 1.82) is 0 Å². The van der Waals surface area contributed by atoms with Gasteiger partial charge >= 0.3 is 6.18 Å². The van der Waals surface area contributed by atoms with E-state index in [0.717, 1.165) is 12.3 Å². The molecule has 14 heteroatoms. The number of rotatable bonds is 7. The lowest BCUT2D eigenvalue weighted by atomic mass is 10.1.